The first-order chi connectivity index (χ1) is 11.5. The summed E-state index contributed by atoms with van der Waals surface area (Å²) >= 11 is 0. The lowest BCUT2D eigenvalue weighted by Crippen LogP contribution is -2.42. The third-order valence-electron chi connectivity index (χ3n) is 4.88. The second-order valence-electron chi connectivity index (χ2n) is 7.00. The summed E-state index contributed by atoms with van der Waals surface area (Å²) in [4.78, 5) is 28.5. The van der Waals surface area contributed by atoms with Crippen LogP contribution in [0.25, 0.3) is 0 Å². The summed E-state index contributed by atoms with van der Waals surface area (Å²) in [6, 6.07) is 10.5. The molecule has 0 spiro atoms. The number of hydrogen-bond acceptors (Lipinski definition) is 2. The Morgan fingerprint density at radius 1 is 1.12 bits per heavy atom. The molecule has 2 amide bonds. The molecule has 2 rings (SSSR count). The summed E-state index contributed by atoms with van der Waals surface area (Å²) in [6.45, 7) is 6.87. The molecule has 1 aromatic carbocycles. The Hall–Kier alpha value is -1.84. The van der Waals surface area contributed by atoms with Crippen LogP contribution < -0.4 is 0 Å². The van der Waals surface area contributed by atoms with Crippen molar-refractivity contribution in [3.63, 3.8) is 0 Å². The van der Waals surface area contributed by atoms with E-state index in [2.05, 4.69) is 0 Å². The van der Waals surface area contributed by atoms with Gasteiger partial charge >= 0.3 is 0 Å². The minimum atomic E-state index is 0.0915. The molecule has 0 atom stereocenters. The summed E-state index contributed by atoms with van der Waals surface area (Å²) in [5, 5.41) is 0. The van der Waals surface area contributed by atoms with E-state index in [0.29, 0.717) is 25.6 Å². The van der Waals surface area contributed by atoms with Gasteiger partial charge in [-0.3, -0.25) is 9.59 Å². The Morgan fingerprint density at radius 2 is 1.75 bits per heavy atom. The summed E-state index contributed by atoms with van der Waals surface area (Å²) in [5.74, 6) is 0.215. The van der Waals surface area contributed by atoms with Gasteiger partial charge in [0.15, 0.2) is 0 Å². The molecule has 132 valence electrons. The highest BCUT2D eigenvalue weighted by molar-refractivity contribution is 5.78. The predicted molar refractivity (Wildman–Crippen MR) is 96.4 cm³/mol. The number of benzene rings is 1. The zero-order chi connectivity index (χ0) is 17.5. The molecule has 1 aliphatic carbocycles. The zero-order valence-corrected chi connectivity index (χ0v) is 15.2. The first-order valence-electron chi connectivity index (χ1n) is 9.09. The van der Waals surface area contributed by atoms with E-state index in [4.69, 9.17) is 0 Å². The van der Waals surface area contributed by atoms with Crippen molar-refractivity contribution in [2.24, 2.45) is 0 Å². The summed E-state index contributed by atoms with van der Waals surface area (Å²) < 4.78 is 0. The molecule has 1 aromatic rings. The second-order valence-corrected chi connectivity index (χ2v) is 7.00. The van der Waals surface area contributed by atoms with E-state index >= 15 is 0 Å². The minimum Gasteiger partial charge on any atom is -0.339 e. The van der Waals surface area contributed by atoms with E-state index in [9.17, 15) is 9.59 Å². The zero-order valence-electron chi connectivity index (χ0n) is 15.2. The number of nitrogens with zero attached hydrogens (tertiary/aromatic N) is 2. The highest BCUT2D eigenvalue weighted by Crippen LogP contribution is 2.24. The average Bonchev–Trinajstić information content (AvgIpc) is 3.07. The van der Waals surface area contributed by atoms with Gasteiger partial charge in [0.25, 0.3) is 0 Å². The van der Waals surface area contributed by atoms with Crippen LogP contribution in [0.5, 0.6) is 0 Å². The van der Waals surface area contributed by atoms with E-state index in [1.807, 2.05) is 54.0 Å². The molecule has 4 nitrogen and oxygen atoms in total. The fraction of sp³-hybridized carbons (Fsp3) is 0.600. The third-order valence-corrected chi connectivity index (χ3v) is 4.88. The minimum absolute atomic E-state index is 0.0915. The monoisotopic (exact) mass is 330 g/mol. The van der Waals surface area contributed by atoms with Crippen molar-refractivity contribution in [2.75, 3.05) is 6.54 Å². The van der Waals surface area contributed by atoms with Gasteiger partial charge in [-0.25, -0.2) is 0 Å². The summed E-state index contributed by atoms with van der Waals surface area (Å²) in [7, 11) is 0. The van der Waals surface area contributed by atoms with E-state index in [1.54, 1.807) is 6.92 Å². The molecule has 0 bridgehead atoms. The Balaban J connectivity index is 1.95. The van der Waals surface area contributed by atoms with Crippen LogP contribution in [0, 0.1) is 0 Å². The van der Waals surface area contributed by atoms with Crippen molar-refractivity contribution in [2.45, 2.75) is 71.5 Å². The quantitative estimate of drug-likeness (QED) is 0.766. The van der Waals surface area contributed by atoms with Gasteiger partial charge in [0.1, 0.15) is 0 Å². The van der Waals surface area contributed by atoms with Crippen molar-refractivity contribution in [3.8, 4) is 0 Å². The number of carbonyl (C=O) groups is 2. The SMILES string of the molecule is CC(=O)N(CCC(=O)N(Cc1ccccc1)C(C)C)C1CCCC1. The van der Waals surface area contributed by atoms with E-state index < -0.39 is 0 Å². The molecule has 0 aromatic heterocycles. The molecule has 1 aliphatic rings. The molecule has 0 unspecified atom stereocenters. The van der Waals surface area contributed by atoms with Crippen molar-refractivity contribution >= 4 is 11.8 Å². The Kier molecular flexibility index (Phi) is 6.83. The van der Waals surface area contributed by atoms with Crippen LogP contribution in [0.15, 0.2) is 30.3 Å². The van der Waals surface area contributed by atoms with E-state index in [-0.39, 0.29) is 17.9 Å². The maximum atomic E-state index is 12.7. The molecule has 4 heteroatoms. The molecule has 24 heavy (non-hydrogen) atoms. The molecular formula is C20H30N2O2. The van der Waals surface area contributed by atoms with Crippen LogP contribution >= 0.6 is 0 Å². The molecular weight excluding hydrogens is 300 g/mol. The summed E-state index contributed by atoms with van der Waals surface area (Å²) in [6.07, 6.45) is 4.93. The van der Waals surface area contributed by atoms with Gasteiger partial charge in [-0.1, -0.05) is 43.2 Å². The van der Waals surface area contributed by atoms with Gasteiger partial charge in [0.05, 0.1) is 0 Å². The number of rotatable bonds is 7. The van der Waals surface area contributed by atoms with Crippen molar-refractivity contribution in [1.29, 1.82) is 0 Å². The van der Waals surface area contributed by atoms with E-state index in [0.717, 1.165) is 18.4 Å². The normalized spacial score (nSPS) is 14.8. The van der Waals surface area contributed by atoms with Gasteiger partial charge in [0, 0.05) is 38.5 Å². The average molecular weight is 330 g/mol. The topological polar surface area (TPSA) is 40.6 Å². The van der Waals surface area contributed by atoms with Gasteiger partial charge < -0.3 is 9.80 Å². The lowest BCUT2D eigenvalue weighted by atomic mass is 10.1. The van der Waals surface area contributed by atoms with Crippen LogP contribution in [0.4, 0.5) is 0 Å². The molecule has 0 saturated heterocycles. The molecule has 1 fully saturated rings. The van der Waals surface area contributed by atoms with Gasteiger partial charge in [-0.05, 0) is 32.3 Å². The Morgan fingerprint density at radius 3 is 2.29 bits per heavy atom. The lowest BCUT2D eigenvalue weighted by molar-refractivity contribution is -0.136. The van der Waals surface area contributed by atoms with Crippen molar-refractivity contribution in [1.82, 2.24) is 9.80 Å². The largest absolute Gasteiger partial charge is 0.339 e. The Bertz CT molecular complexity index is 536. The van der Waals surface area contributed by atoms with E-state index in [1.165, 1.54) is 12.8 Å². The van der Waals surface area contributed by atoms with Gasteiger partial charge in [-0.15, -0.1) is 0 Å². The number of hydrogen-bond donors (Lipinski definition) is 0. The maximum Gasteiger partial charge on any atom is 0.224 e. The molecule has 0 radical (unpaired) electrons. The molecule has 0 N–H and O–H groups in total. The lowest BCUT2D eigenvalue weighted by Gasteiger charge is -2.31. The highest BCUT2D eigenvalue weighted by Gasteiger charge is 2.26. The number of amides is 2. The summed E-state index contributed by atoms with van der Waals surface area (Å²) in [5.41, 5.74) is 1.14. The molecule has 0 aliphatic heterocycles. The van der Waals surface area contributed by atoms with Crippen LogP contribution in [0.1, 0.15) is 58.4 Å². The number of carbonyl (C=O) groups excluding carboxylic acids is 2. The fourth-order valence-corrected chi connectivity index (χ4v) is 3.51. The van der Waals surface area contributed by atoms with Crippen LogP contribution in [-0.2, 0) is 16.1 Å². The van der Waals surface area contributed by atoms with Crippen LogP contribution in [-0.4, -0.2) is 40.2 Å². The van der Waals surface area contributed by atoms with Gasteiger partial charge in [-0.2, -0.15) is 0 Å². The predicted octanol–water partition coefficient (Wildman–Crippen LogP) is 3.60. The first kappa shape index (κ1) is 18.5. The highest BCUT2D eigenvalue weighted by atomic mass is 16.2. The molecule has 1 saturated carbocycles. The second kappa shape index (κ2) is 8.86. The fourth-order valence-electron chi connectivity index (χ4n) is 3.51. The maximum absolute atomic E-state index is 12.7. The molecule has 0 heterocycles. The van der Waals surface area contributed by atoms with Crippen LogP contribution in [0.2, 0.25) is 0 Å². The smallest absolute Gasteiger partial charge is 0.224 e. The first-order valence-corrected chi connectivity index (χ1v) is 9.09. The Labute approximate surface area is 145 Å². The standard InChI is InChI=1S/C20H30N2O2/c1-16(2)22(15-18-9-5-4-6-10-18)20(24)13-14-21(17(3)23)19-11-7-8-12-19/h4-6,9-10,16,19H,7-8,11-15H2,1-3H3. The van der Waals surface area contributed by atoms with Crippen LogP contribution in [0.3, 0.4) is 0 Å². The van der Waals surface area contributed by atoms with Crippen molar-refractivity contribution < 1.29 is 9.59 Å². The van der Waals surface area contributed by atoms with Crippen molar-refractivity contribution in [3.05, 3.63) is 35.9 Å². The van der Waals surface area contributed by atoms with Gasteiger partial charge in [0.2, 0.25) is 11.8 Å². The third kappa shape index (κ3) is 5.08.